The number of rotatable bonds is 3. The highest BCUT2D eigenvalue weighted by molar-refractivity contribution is 5.92. The van der Waals surface area contributed by atoms with Crippen LogP contribution in [0.15, 0.2) is 29.3 Å². The molecule has 88 valence electrons. The molecular formula is C10H11N5O2. The van der Waals surface area contributed by atoms with Gasteiger partial charge >= 0.3 is 0 Å². The van der Waals surface area contributed by atoms with Crippen molar-refractivity contribution in [2.45, 2.75) is 6.54 Å². The van der Waals surface area contributed by atoms with Gasteiger partial charge in [-0.25, -0.2) is 0 Å². The summed E-state index contributed by atoms with van der Waals surface area (Å²) in [6.07, 6.45) is 1.55. The Kier molecular flexibility index (Phi) is 2.99. The van der Waals surface area contributed by atoms with Crippen LogP contribution in [0.5, 0.6) is 0 Å². The number of aryl methyl sites for hydroxylation is 1. The summed E-state index contributed by atoms with van der Waals surface area (Å²) in [4.78, 5) is 25.1. The lowest BCUT2D eigenvalue weighted by atomic mass is 10.3. The zero-order valence-electron chi connectivity index (χ0n) is 9.17. The van der Waals surface area contributed by atoms with Crippen molar-refractivity contribution in [3.05, 3.63) is 46.4 Å². The standard InChI is InChI=1S/C10H11N5O2/c1-15-6-12-14-8(15)5-11-10(17)7-3-2-4-9(16)13-7/h2-4,6H,5H2,1H3,(H,11,17)(H,13,16). The number of aromatic nitrogens is 4. The summed E-state index contributed by atoms with van der Waals surface area (Å²) in [7, 11) is 1.78. The van der Waals surface area contributed by atoms with E-state index in [0.717, 1.165) is 0 Å². The molecule has 2 heterocycles. The molecule has 2 N–H and O–H groups in total. The molecule has 7 heteroatoms. The Labute approximate surface area is 96.5 Å². The third-order valence-corrected chi connectivity index (χ3v) is 2.23. The van der Waals surface area contributed by atoms with Gasteiger partial charge in [0.1, 0.15) is 12.0 Å². The minimum atomic E-state index is -0.356. The number of aromatic amines is 1. The van der Waals surface area contributed by atoms with E-state index in [2.05, 4.69) is 20.5 Å². The molecule has 0 spiro atoms. The van der Waals surface area contributed by atoms with Gasteiger partial charge in [-0.1, -0.05) is 6.07 Å². The molecule has 1 amide bonds. The monoisotopic (exact) mass is 233 g/mol. The molecule has 0 unspecified atom stereocenters. The number of nitrogens with zero attached hydrogens (tertiary/aromatic N) is 3. The van der Waals surface area contributed by atoms with Crippen LogP contribution in [0.4, 0.5) is 0 Å². The number of amides is 1. The molecule has 0 aliphatic rings. The molecular weight excluding hydrogens is 222 g/mol. The Morgan fingerprint density at radius 1 is 1.53 bits per heavy atom. The fraction of sp³-hybridized carbons (Fsp3) is 0.200. The van der Waals surface area contributed by atoms with E-state index < -0.39 is 0 Å². The fourth-order valence-corrected chi connectivity index (χ4v) is 1.30. The van der Waals surface area contributed by atoms with E-state index in [1.807, 2.05) is 0 Å². The first kappa shape index (κ1) is 11.1. The van der Waals surface area contributed by atoms with Crippen LogP contribution < -0.4 is 10.9 Å². The second kappa shape index (κ2) is 4.60. The molecule has 0 fully saturated rings. The van der Waals surface area contributed by atoms with E-state index in [9.17, 15) is 9.59 Å². The van der Waals surface area contributed by atoms with E-state index in [-0.39, 0.29) is 23.7 Å². The van der Waals surface area contributed by atoms with Crippen LogP contribution in [0.3, 0.4) is 0 Å². The van der Waals surface area contributed by atoms with Gasteiger partial charge in [0.15, 0.2) is 5.82 Å². The van der Waals surface area contributed by atoms with Gasteiger partial charge in [0.2, 0.25) is 5.56 Å². The number of pyridine rings is 1. The first-order valence-corrected chi connectivity index (χ1v) is 4.97. The van der Waals surface area contributed by atoms with E-state index in [0.29, 0.717) is 5.82 Å². The number of hydrogen-bond donors (Lipinski definition) is 2. The van der Waals surface area contributed by atoms with Crippen molar-refractivity contribution in [1.29, 1.82) is 0 Å². The van der Waals surface area contributed by atoms with Crippen molar-refractivity contribution in [3.63, 3.8) is 0 Å². The van der Waals surface area contributed by atoms with Crippen LogP contribution >= 0.6 is 0 Å². The molecule has 0 radical (unpaired) electrons. The molecule has 0 saturated carbocycles. The van der Waals surface area contributed by atoms with E-state index in [1.165, 1.54) is 18.2 Å². The molecule has 0 atom stereocenters. The minimum Gasteiger partial charge on any atom is -0.343 e. The van der Waals surface area contributed by atoms with Gasteiger partial charge in [-0.2, -0.15) is 0 Å². The smallest absolute Gasteiger partial charge is 0.268 e. The minimum absolute atomic E-state index is 0.222. The summed E-state index contributed by atoms with van der Waals surface area (Å²) < 4.78 is 1.70. The second-order valence-electron chi connectivity index (χ2n) is 3.47. The largest absolute Gasteiger partial charge is 0.343 e. The highest BCUT2D eigenvalue weighted by atomic mass is 16.2. The fourth-order valence-electron chi connectivity index (χ4n) is 1.30. The molecule has 0 bridgehead atoms. The lowest BCUT2D eigenvalue weighted by Gasteiger charge is -2.03. The summed E-state index contributed by atoms with van der Waals surface area (Å²) in [5.74, 6) is 0.280. The van der Waals surface area contributed by atoms with Gasteiger partial charge < -0.3 is 14.9 Å². The number of nitrogens with one attached hydrogen (secondary N) is 2. The Morgan fingerprint density at radius 3 is 3.00 bits per heavy atom. The molecule has 0 saturated heterocycles. The summed E-state index contributed by atoms with van der Waals surface area (Å²) in [6.45, 7) is 0.256. The van der Waals surface area contributed by atoms with Gasteiger partial charge in [0.05, 0.1) is 6.54 Å². The average molecular weight is 233 g/mol. The normalized spacial score (nSPS) is 10.2. The van der Waals surface area contributed by atoms with Gasteiger partial charge in [0, 0.05) is 13.1 Å². The average Bonchev–Trinajstić information content (AvgIpc) is 2.72. The zero-order valence-corrected chi connectivity index (χ0v) is 9.17. The SMILES string of the molecule is Cn1cnnc1CNC(=O)c1cccc(=O)[nH]1. The lowest BCUT2D eigenvalue weighted by Crippen LogP contribution is -2.26. The number of H-pyrrole nitrogens is 1. The van der Waals surface area contributed by atoms with Gasteiger partial charge in [-0.05, 0) is 6.07 Å². The van der Waals surface area contributed by atoms with Crippen molar-refractivity contribution < 1.29 is 4.79 Å². The molecule has 0 aliphatic heterocycles. The first-order valence-electron chi connectivity index (χ1n) is 4.97. The summed E-state index contributed by atoms with van der Waals surface area (Å²) >= 11 is 0. The van der Waals surface area contributed by atoms with E-state index >= 15 is 0 Å². The molecule has 2 rings (SSSR count). The third kappa shape index (κ3) is 2.57. The lowest BCUT2D eigenvalue weighted by molar-refractivity contribution is 0.0944. The zero-order chi connectivity index (χ0) is 12.3. The Bertz CT molecular complexity index is 586. The van der Waals surface area contributed by atoms with Crippen molar-refractivity contribution in [1.82, 2.24) is 25.1 Å². The van der Waals surface area contributed by atoms with Crippen LogP contribution in [-0.2, 0) is 13.6 Å². The maximum absolute atomic E-state index is 11.7. The van der Waals surface area contributed by atoms with Crippen LogP contribution in [0.2, 0.25) is 0 Å². The molecule has 0 aromatic carbocycles. The maximum Gasteiger partial charge on any atom is 0.268 e. The summed E-state index contributed by atoms with van der Waals surface area (Å²) in [5.41, 5.74) is -0.0871. The van der Waals surface area contributed by atoms with Crippen LogP contribution in [0, 0.1) is 0 Å². The molecule has 17 heavy (non-hydrogen) atoms. The topological polar surface area (TPSA) is 92.7 Å². The third-order valence-electron chi connectivity index (χ3n) is 2.23. The quantitative estimate of drug-likeness (QED) is 0.742. The van der Waals surface area contributed by atoms with Gasteiger partial charge in [-0.3, -0.25) is 9.59 Å². The summed E-state index contributed by atoms with van der Waals surface area (Å²) in [6, 6.07) is 4.41. The van der Waals surface area contributed by atoms with Crippen molar-refractivity contribution >= 4 is 5.91 Å². The van der Waals surface area contributed by atoms with Gasteiger partial charge in [0.25, 0.3) is 5.91 Å². The van der Waals surface area contributed by atoms with Crippen molar-refractivity contribution in [2.24, 2.45) is 7.05 Å². The Balaban J connectivity index is 2.03. The molecule has 0 aliphatic carbocycles. The number of carbonyl (C=O) groups is 1. The van der Waals surface area contributed by atoms with Crippen LogP contribution in [0.1, 0.15) is 16.3 Å². The highest BCUT2D eigenvalue weighted by Crippen LogP contribution is 1.93. The van der Waals surface area contributed by atoms with Crippen molar-refractivity contribution in [2.75, 3.05) is 0 Å². The first-order chi connectivity index (χ1) is 8.16. The molecule has 7 nitrogen and oxygen atoms in total. The Morgan fingerprint density at radius 2 is 2.35 bits per heavy atom. The second-order valence-corrected chi connectivity index (χ2v) is 3.47. The highest BCUT2D eigenvalue weighted by Gasteiger charge is 2.07. The Hall–Kier alpha value is -2.44. The van der Waals surface area contributed by atoms with E-state index in [1.54, 1.807) is 17.9 Å². The van der Waals surface area contributed by atoms with Crippen molar-refractivity contribution in [3.8, 4) is 0 Å². The predicted molar refractivity (Wildman–Crippen MR) is 59.2 cm³/mol. The molecule has 2 aromatic heterocycles. The van der Waals surface area contributed by atoms with Crippen LogP contribution in [0.25, 0.3) is 0 Å². The van der Waals surface area contributed by atoms with Gasteiger partial charge in [-0.15, -0.1) is 10.2 Å². The number of hydrogen-bond acceptors (Lipinski definition) is 4. The van der Waals surface area contributed by atoms with E-state index in [4.69, 9.17) is 0 Å². The maximum atomic E-state index is 11.7. The predicted octanol–water partition coefficient (Wildman–Crippen LogP) is -0.567. The molecule has 2 aromatic rings. The summed E-state index contributed by atoms with van der Waals surface area (Å²) in [5, 5.41) is 10.2. The number of carbonyl (C=O) groups excluding carboxylic acids is 1. The van der Waals surface area contributed by atoms with Crippen LogP contribution in [-0.4, -0.2) is 25.7 Å².